The number of rotatable bonds is 7. The Morgan fingerprint density at radius 2 is 2.09 bits per heavy atom. The number of allylic oxidation sites excluding steroid dienone is 4. The Bertz CT molecular complexity index is 501. The van der Waals surface area contributed by atoms with Crippen molar-refractivity contribution in [3.8, 4) is 0 Å². The molecule has 3 nitrogen and oxygen atoms in total. The van der Waals surface area contributed by atoms with Crippen molar-refractivity contribution in [1.29, 1.82) is 0 Å². The fourth-order valence-electron chi connectivity index (χ4n) is 3.86. The quantitative estimate of drug-likeness (QED) is 0.426. The van der Waals surface area contributed by atoms with Gasteiger partial charge in [0.1, 0.15) is 6.29 Å². The van der Waals surface area contributed by atoms with Crippen LogP contribution in [-0.4, -0.2) is 17.4 Å². The van der Waals surface area contributed by atoms with Gasteiger partial charge in [0, 0.05) is 6.42 Å². The highest BCUT2D eigenvalue weighted by Crippen LogP contribution is 2.54. The van der Waals surface area contributed by atoms with E-state index in [1.165, 1.54) is 5.57 Å². The molecule has 0 unspecified atom stereocenters. The van der Waals surface area contributed by atoms with E-state index in [1.807, 2.05) is 13.0 Å². The first-order valence-corrected chi connectivity index (χ1v) is 7.89. The monoisotopic (exact) mass is 304 g/mol. The van der Waals surface area contributed by atoms with Gasteiger partial charge in [0.25, 0.3) is 0 Å². The molecule has 0 aromatic rings. The smallest absolute Gasteiger partial charge is 0.303 e. The maximum atomic E-state index is 11.1. The molecular formula is C19H28O3. The van der Waals surface area contributed by atoms with Gasteiger partial charge >= 0.3 is 5.97 Å². The van der Waals surface area contributed by atoms with E-state index in [-0.39, 0.29) is 17.8 Å². The summed E-state index contributed by atoms with van der Waals surface area (Å²) in [5.74, 6) is -0.277. The van der Waals surface area contributed by atoms with Crippen LogP contribution in [0, 0.1) is 17.3 Å². The Morgan fingerprint density at radius 1 is 1.45 bits per heavy atom. The number of carboxylic acid groups (broad SMARTS) is 1. The summed E-state index contributed by atoms with van der Waals surface area (Å²) in [6.07, 6.45) is 6.23. The molecule has 0 aliphatic heterocycles. The molecule has 1 rings (SSSR count). The first kappa shape index (κ1) is 18.4. The topological polar surface area (TPSA) is 54.4 Å². The van der Waals surface area contributed by atoms with Crippen LogP contribution in [0.2, 0.25) is 0 Å². The minimum absolute atomic E-state index is 0.153. The van der Waals surface area contributed by atoms with Gasteiger partial charge < -0.3 is 5.11 Å². The number of carbonyl (C=O) groups excluding carboxylic acids is 1. The van der Waals surface area contributed by atoms with Crippen LogP contribution in [0.3, 0.4) is 0 Å². The Kier molecular flexibility index (Phi) is 6.34. The van der Waals surface area contributed by atoms with E-state index in [4.69, 9.17) is 5.11 Å². The summed E-state index contributed by atoms with van der Waals surface area (Å²) < 4.78 is 0. The van der Waals surface area contributed by atoms with Crippen molar-refractivity contribution < 1.29 is 14.7 Å². The molecule has 0 radical (unpaired) electrons. The lowest BCUT2D eigenvalue weighted by Gasteiger charge is -2.49. The summed E-state index contributed by atoms with van der Waals surface area (Å²) in [6, 6.07) is 0. The predicted octanol–water partition coefficient (Wildman–Crippen LogP) is 4.55. The Balaban J connectivity index is 3.13. The van der Waals surface area contributed by atoms with Crippen molar-refractivity contribution in [3.05, 3.63) is 36.0 Å². The zero-order valence-electron chi connectivity index (χ0n) is 14.0. The molecule has 0 amide bonds. The Hall–Kier alpha value is -1.64. The average molecular weight is 304 g/mol. The van der Waals surface area contributed by atoms with Crippen molar-refractivity contribution in [2.24, 2.45) is 17.3 Å². The molecule has 122 valence electrons. The Labute approximate surface area is 133 Å². The van der Waals surface area contributed by atoms with E-state index in [2.05, 4.69) is 20.1 Å². The molecule has 0 heterocycles. The number of aliphatic carboxylic acids is 1. The highest BCUT2D eigenvalue weighted by molar-refractivity contribution is 5.72. The van der Waals surface area contributed by atoms with Crippen LogP contribution in [0.15, 0.2) is 36.0 Å². The molecule has 1 N–H and O–H groups in total. The summed E-state index contributed by atoms with van der Waals surface area (Å²) in [5.41, 5.74) is 2.83. The molecular weight excluding hydrogens is 276 g/mol. The standard InChI is InChI=1S/C19H28O3/c1-13(2)16-9-7-15(4)17(8-6-14(3)12-20)19(16,5)11-10-18(21)22/h6,12,16-17H,1,4,7-11H2,2-3,5H3,(H,21,22)/b14-6+/t16-,17-,19-/m1/s1. The van der Waals surface area contributed by atoms with E-state index in [9.17, 15) is 9.59 Å². The third kappa shape index (κ3) is 4.19. The second-order valence-corrected chi connectivity index (χ2v) is 6.85. The number of carbonyl (C=O) groups is 2. The van der Waals surface area contributed by atoms with Crippen LogP contribution in [0.5, 0.6) is 0 Å². The zero-order chi connectivity index (χ0) is 16.9. The molecule has 1 saturated carbocycles. The molecule has 3 atom stereocenters. The third-order valence-electron chi connectivity index (χ3n) is 5.17. The molecule has 0 aromatic heterocycles. The van der Waals surface area contributed by atoms with Gasteiger partial charge in [-0.1, -0.05) is 37.3 Å². The first-order valence-electron chi connectivity index (χ1n) is 7.89. The van der Waals surface area contributed by atoms with Crippen LogP contribution in [0.1, 0.15) is 52.9 Å². The van der Waals surface area contributed by atoms with Gasteiger partial charge in [0.15, 0.2) is 0 Å². The molecule has 0 spiro atoms. The second-order valence-electron chi connectivity index (χ2n) is 6.85. The van der Waals surface area contributed by atoms with Crippen molar-refractivity contribution in [2.75, 3.05) is 0 Å². The number of carboxylic acids is 1. The number of hydrogen-bond acceptors (Lipinski definition) is 2. The average Bonchev–Trinajstić information content (AvgIpc) is 2.44. The molecule has 1 aliphatic rings. The summed E-state index contributed by atoms with van der Waals surface area (Å²) in [6.45, 7) is 14.3. The summed E-state index contributed by atoms with van der Waals surface area (Å²) in [5, 5.41) is 9.09. The lowest BCUT2D eigenvalue weighted by Crippen LogP contribution is -2.41. The highest BCUT2D eigenvalue weighted by atomic mass is 16.4. The highest BCUT2D eigenvalue weighted by Gasteiger charge is 2.45. The SMILES string of the molecule is C=C(C)[C@H]1CCC(=C)[C@@H](C/C=C(\C)C=O)[C@]1(C)CCC(=O)O. The largest absolute Gasteiger partial charge is 0.481 e. The van der Waals surface area contributed by atoms with Crippen molar-refractivity contribution in [3.63, 3.8) is 0 Å². The van der Waals surface area contributed by atoms with E-state index < -0.39 is 5.97 Å². The normalized spacial score (nSPS) is 29.2. The molecule has 0 aromatic carbocycles. The van der Waals surface area contributed by atoms with E-state index >= 15 is 0 Å². The summed E-state index contributed by atoms with van der Waals surface area (Å²) in [4.78, 5) is 21.9. The van der Waals surface area contributed by atoms with E-state index in [1.54, 1.807) is 6.92 Å². The summed E-state index contributed by atoms with van der Waals surface area (Å²) in [7, 11) is 0. The van der Waals surface area contributed by atoms with Gasteiger partial charge in [0.2, 0.25) is 0 Å². The minimum atomic E-state index is -0.767. The summed E-state index contributed by atoms with van der Waals surface area (Å²) >= 11 is 0. The number of hydrogen-bond donors (Lipinski definition) is 1. The van der Waals surface area contributed by atoms with Crippen LogP contribution >= 0.6 is 0 Å². The second kappa shape index (κ2) is 7.57. The van der Waals surface area contributed by atoms with E-state index in [0.29, 0.717) is 17.9 Å². The van der Waals surface area contributed by atoms with Gasteiger partial charge in [-0.05, 0) is 62.4 Å². The maximum Gasteiger partial charge on any atom is 0.303 e. The molecule has 1 fully saturated rings. The van der Waals surface area contributed by atoms with Gasteiger partial charge in [0.05, 0.1) is 0 Å². The lowest BCUT2D eigenvalue weighted by atomic mass is 9.55. The Morgan fingerprint density at radius 3 is 2.59 bits per heavy atom. The fraction of sp³-hybridized carbons (Fsp3) is 0.579. The fourth-order valence-corrected chi connectivity index (χ4v) is 3.86. The molecule has 1 aliphatic carbocycles. The van der Waals surface area contributed by atoms with Gasteiger partial charge in [-0.25, -0.2) is 0 Å². The molecule has 0 saturated heterocycles. The van der Waals surface area contributed by atoms with Crippen molar-refractivity contribution in [1.82, 2.24) is 0 Å². The predicted molar refractivity (Wildman–Crippen MR) is 89.6 cm³/mol. The zero-order valence-corrected chi connectivity index (χ0v) is 14.0. The number of aldehydes is 1. The van der Waals surface area contributed by atoms with Crippen molar-refractivity contribution in [2.45, 2.75) is 52.9 Å². The van der Waals surface area contributed by atoms with Crippen LogP contribution in [0.4, 0.5) is 0 Å². The van der Waals surface area contributed by atoms with Gasteiger partial charge in [-0.2, -0.15) is 0 Å². The lowest BCUT2D eigenvalue weighted by molar-refractivity contribution is -0.138. The van der Waals surface area contributed by atoms with E-state index in [0.717, 1.165) is 31.1 Å². The van der Waals surface area contributed by atoms with Gasteiger partial charge in [-0.3, -0.25) is 9.59 Å². The first-order chi connectivity index (χ1) is 10.2. The molecule has 22 heavy (non-hydrogen) atoms. The van der Waals surface area contributed by atoms with Crippen LogP contribution in [-0.2, 0) is 9.59 Å². The van der Waals surface area contributed by atoms with Crippen molar-refractivity contribution >= 4 is 12.3 Å². The maximum absolute atomic E-state index is 11.1. The van der Waals surface area contributed by atoms with Gasteiger partial charge in [-0.15, -0.1) is 0 Å². The third-order valence-corrected chi connectivity index (χ3v) is 5.17. The minimum Gasteiger partial charge on any atom is -0.481 e. The van der Waals surface area contributed by atoms with Crippen LogP contribution < -0.4 is 0 Å². The molecule has 0 bridgehead atoms. The molecule has 3 heteroatoms. The van der Waals surface area contributed by atoms with Crippen LogP contribution in [0.25, 0.3) is 0 Å².